The zero-order chi connectivity index (χ0) is 13.6. The molecule has 0 aliphatic carbocycles. The van der Waals surface area contributed by atoms with Gasteiger partial charge in [-0.2, -0.15) is 4.98 Å². The van der Waals surface area contributed by atoms with Gasteiger partial charge in [-0.1, -0.05) is 0 Å². The molecule has 2 aromatic rings. The van der Waals surface area contributed by atoms with E-state index in [9.17, 15) is 0 Å². The summed E-state index contributed by atoms with van der Waals surface area (Å²) in [7, 11) is 0. The van der Waals surface area contributed by atoms with Crippen molar-refractivity contribution >= 4 is 11.8 Å². The van der Waals surface area contributed by atoms with E-state index in [0.29, 0.717) is 12.5 Å². The number of rotatable bonds is 4. The van der Waals surface area contributed by atoms with Crippen molar-refractivity contribution in [3.63, 3.8) is 0 Å². The molecule has 1 aliphatic rings. The number of aromatic nitrogens is 3. The molecule has 0 amide bonds. The summed E-state index contributed by atoms with van der Waals surface area (Å²) < 4.78 is 5.35. The van der Waals surface area contributed by atoms with Crippen LogP contribution in [-0.2, 0) is 11.3 Å². The van der Waals surface area contributed by atoms with E-state index in [1.165, 1.54) is 0 Å². The Morgan fingerprint density at radius 1 is 1.10 bits per heavy atom. The van der Waals surface area contributed by atoms with E-state index in [1.807, 2.05) is 18.2 Å². The second kappa shape index (κ2) is 6.29. The molecule has 1 N–H and O–H groups in total. The Hall–Kier alpha value is -2.21. The van der Waals surface area contributed by atoms with Crippen molar-refractivity contribution in [2.24, 2.45) is 0 Å². The van der Waals surface area contributed by atoms with Gasteiger partial charge < -0.3 is 15.0 Å². The quantitative estimate of drug-likeness (QED) is 0.905. The zero-order valence-corrected chi connectivity index (χ0v) is 11.2. The molecule has 3 rings (SSSR count). The summed E-state index contributed by atoms with van der Waals surface area (Å²) in [5.41, 5.74) is 1.15. The van der Waals surface area contributed by atoms with Crippen LogP contribution in [0, 0.1) is 0 Å². The van der Waals surface area contributed by atoms with Gasteiger partial charge in [0.2, 0.25) is 5.95 Å². The number of hydrogen-bond donors (Lipinski definition) is 1. The van der Waals surface area contributed by atoms with E-state index >= 15 is 0 Å². The fourth-order valence-corrected chi connectivity index (χ4v) is 2.08. The second-order valence-corrected chi connectivity index (χ2v) is 4.55. The van der Waals surface area contributed by atoms with Crippen LogP contribution in [0.3, 0.4) is 0 Å². The van der Waals surface area contributed by atoms with Crippen molar-refractivity contribution in [3.8, 4) is 0 Å². The molecule has 20 heavy (non-hydrogen) atoms. The first kappa shape index (κ1) is 12.8. The van der Waals surface area contributed by atoms with Crippen LogP contribution in [-0.4, -0.2) is 41.3 Å². The lowest BCUT2D eigenvalue weighted by Crippen LogP contribution is -2.36. The molecule has 0 unspecified atom stereocenters. The largest absolute Gasteiger partial charge is 0.378 e. The highest BCUT2D eigenvalue weighted by atomic mass is 16.5. The van der Waals surface area contributed by atoms with Crippen LogP contribution < -0.4 is 10.2 Å². The Balaban J connectivity index is 1.65. The van der Waals surface area contributed by atoms with E-state index in [1.54, 1.807) is 18.6 Å². The number of morpholine rings is 1. The van der Waals surface area contributed by atoms with Crippen LogP contribution in [0.5, 0.6) is 0 Å². The molecule has 104 valence electrons. The highest BCUT2D eigenvalue weighted by Gasteiger charge is 2.12. The molecule has 0 bridgehead atoms. The summed E-state index contributed by atoms with van der Waals surface area (Å²) >= 11 is 0. The topological polar surface area (TPSA) is 63.2 Å². The van der Waals surface area contributed by atoms with Crippen LogP contribution >= 0.6 is 0 Å². The van der Waals surface area contributed by atoms with Gasteiger partial charge in [-0.25, -0.2) is 4.98 Å². The maximum Gasteiger partial charge on any atom is 0.224 e. The second-order valence-electron chi connectivity index (χ2n) is 4.55. The predicted octanol–water partition coefficient (Wildman–Crippen LogP) is 1.32. The zero-order valence-electron chi connectivity index (χ0n) is 11.2. The van der Waals surface area contributed by atoms with Gasteiger partial charge in [-0.15, -0.1) is 0 Å². The first-order chi connectivity index (χ1) is 9.92. The molecule has 1 saturated heterocycles. The van der Waals surface area contributed by atoms with Crippen molar-refractivity contribution in [2.45, 2.75) is 6.54 Å². The third kappa shape index (κ3) is 3.21. The van der Waals surface area contributed by atoms with E-state index in [2.05, 4.69) is 25.2 Å². The lowest BCUT2D eigenvalue weighted by atomic mass is 10.3. The van der Waals surface area contributed by atoms with E-state index in [0.717, 1.165) is 37.7 Å². The third-order valence-electron chi connectivity index (χ3n) is 3.18. The molecule has 0 atom stereocenters. The number of ether oxygens (including phenoxy) is 1. The summed E-state index contributed by atoms with van der Waals surface area (Å²) in [6.07, 6.45) is 5.34. The van der Waals surface area contributed by atoms with Gasteiger partial charge >= 0.3 is 0 Å². The van der Waals surface area contributed by atoms with Crippen molar-refractivity contribution in [1.29, 1.82) is 0 Å². The SMILES string of the molecule is c1cc(CNc2nccc(N3CCOCC3)n2)ccn1. The van der Waals surface area contributed by atoms with Gasteiger partial charge in [-0.05, 0) is 23.8 Å². The molecule has 3 heterocycles. The summed E-state index contributed by atoms with van der Waals surface area (Å²) in [5, 5.41) is 3.23. The minimum Gasteiger partial charge on any atom is -0.378 e. The molecular weight excluding hydrogens is 254 g/mol. The van der Waals surface area contributed by atoms with Gasteiger partial charge in [0.25, 0.3) is 0 Å². The highest BCUT2D eigenvalue weighted by molar-refractivity contribution is 5.43. The average molecular weight is 271 g/mol. The van der Waals surface area contributed by atoms with E-state index in [-0.39, 0.29) is 0 Å². The number of anilines is 2. The monoisotopic (exact) mass is 271 g/mol. The Morgan fingerprint density at radius 3 is 2.70 bits per heavy atom. The van der Waals surface area contributed by atoms with Crippen LogP contribution in [0.15, 0.2) is 36.8 Å². The van der Waals surface area contributed by atoms with Crippen LogP contribution in [0.2, 0.25) is 0 Å². The van der Waals surface area contributed by atoms with Crippen LogP contribution in [0.4, 0.5) is 11.8 Å². The fraction of sp³-hybridized carbons (Fsp3) is 0.357. The first-order valence-corrected chi connectivity index (χ1v) is 6.70. The van der Waals surface area contributed by atoms with Gasteiger partial charge in [0.1, 0.15) is 5.82 Å². The lowest BCUT2D eigenvalue weighted by Gasteiger charge is -2.27. The Morgan fingerprint density at radius 2 is 1.90 bits per heavy atom. The van der Waals surface area contributed by atoms with E-state index in [4.69, 9.17) is 4.74 Å². The van der Waals surface area contributed by atoms with Gasteiger partial charge in [-0.3, -0.25) is 4.98 Å². The van der Waals surface area contributed by atoms with Gasteiger partial charge in [0.15, 0.2) is 0 Å². The normalized spacial score (nSPS) is 15.1. The molecule has 2 aromatic heterocycles. The minimum atomic E-state index is 0.644. The highest BCUT2D eigenvalue weighted by Crippen LogP contribution is 2.14. The first-order valence-electron chi connectivity index (χ1n) is 6.70. The fourth-order valence-electron chi connectivity index (χ4n) is 2.08. The number of nitrogens with one attached hydrogen (secondary N) is 1. The molecule has 0 aromatic carbocycles. The summed E-state index contributed by atoms with van der Waals surface area (Å²) in [6.45, 7) is 3.95. The van der Waals surface area contributed by atoms with Crippen LogP contribution in [0.1, 0.15) is 5.56 Å². The standard InChI is InChI=1S/C14H17N5O/c1-4-15-5-2-12(1)11-17-14-16-6-3-13(18-14)19-7-9-20-10-8-19/h1-6H,7-11H2,(H,16,17,18). The van der Waals surface area contributed by atoms with Crippen molar-refractivity contribution in [1.82, 2.24) is 15.0 Å². The van der Waals surface area contributed by atoms with Crippen molar-refractivity contribution in [3.05, 3.63) is 42.4 Å². The average Bonchev–Trinajstić information content (AvgIpc) is 2.55. The van der Waals surface area contributed by atoms with Crippen molar-refractivity contribution in [2.75, 3.05) is 36.5 Å². The molecule has 1 aliphatic heterocycles. The third-order valence-corrected chi connectivity index (χ3v) is 3.18. The van der Waals surface area contributed by atoms with Gasteiger partial charge in [0, 0.05) is 38.2 Å². The Bertz CT molecular complexity index is 542. The summed E-state index contributed by atoms with van der Waals surface area (Å²) in [6, 6.07) is 5.88. The number of nitrogens with zero attached hydrogens (tertiary/aromatic N) is 4. The maximum absolute atomic E-state index is 5.35. The molecule has 6 heteroatoms. The maximum atomic E-state index is 5.35. The minimum absolute atomic E-state index is 0.644. The van der Waals surface area contributed by atoms with Crippen LogP contribution in [0.25, 0.3) is 0 Å². The summed E-state index contributed by atoms with van der Waals surface area (Å²) in [5.74, 6) is 1.59. The molecule has 6 nitrogen and oxygen atoms in total. The molecular formula is C14H17N5O. The lowest BCUT2D eigenvalue weighted by molar-refractivity contribution is 0.122. The Kier molecular flexibility index (Phi) is 4.03. The molecule has 0 saturated carbocycles. The number of hydrogen-bond acceptors (Lipinski definition) is 6. The molecule has 1 fully saturated rings. The Labute approximate surface area is 117 Å². The van der Waals surface area contributed by atoms with Gasteiger partial charge in [0.05, 0.1) is 13.2 Å². The molecule has 0 radical (unpaired) electrons. The summed E-state index contributed by atoms with van der Waals surface area (Å²) in [4.78, 5) is 15.0. The predicted molar refractivity (Wildman–Crippen MR) is 76.6 cm³/mol. The molecule has 0 spiro atoms. The van der Waals surface area contributed by atoms with E-state index < -0.39 is 0 Å². The van der Waals surface area contributed by atoms with Crippen molar-refractivity contribution < 1.29 is 4.74 Å². The smallest absolute Gasteiger partial charge is 0.224 e. The number of pyridine rings is 1.